The maximum Gasteiger partial charge on any atom is 0.0882 e. The zero-order valence-corrected chi connectivity index (χ0v) is 17.1. The first-order chi connectivity index (χ1) is 12.4. The summed E-state index contributed by atoms with van der Waals surface area (Å²) in [6.45, 7) is 4.91. The van der Waals surface area contributed by atoms with E-state index in [0.29, 0.717) is 23.9 Å². The lowest BCUT2D eigenvalue weighted by molar-refractivity contribution is -0.131. The molecule has 4 aliphatic carbocycles. The number of hydrogen-bond acceptors (Lipinski definition) is 3. The van der Waals surface area contributed by atoms with Crippen molar-refractivity contribution in [3.8, 4) is 0 Å². The summed E-state index contributed by atoms with van der Waals surface area (Å²) in [5.74, 6) is 4.64. The molecule has 0 radical (unpaired) electrons. The van der Waals surface area contributed by atoms with Crippen molar-refractivity contribution in [1.82, 2.24) is 0 Å². The molecule has 0 heterocycles. The number of fused-ring (bicyclic) bond motifs is 5. The number of aliphatic hydroxyl groups excluding tert-OH is 1. The number of hydrogen-bond donors (Lipinski definition) is 2. The van der Waals surface area contributed by atoms with Gasteiger partial charge in [-0.05, 0) is 112 Å². The van der Waals surface area contributed by atoms with Crippen LogP contribution in [-0.2, 0) is 4.74 Å². The fourth-order valence-corrected chi connectivity index (χ4v) is 8.64. The van der Waals surface area contributed by atoms with E-state index in [-0.39, 0.29) is 6.10 Å². The molecule has 0 amide bonds. The van der Waals surface area contributed by atoms with Crippen LogP contribution in [0.15, 0.2) is 0 Å². The minimum absolute atomic E-state index is 0.147. The average molecular weight is 365 g/mol. The van der Waals surface area contributed by atoms with Gasteiger partial charge in [-0.25, -0.2) is 0 Å². The molecular formula is C23H40O3. The van der Waals surface area contributed by atoms with Gasteiger partial charge in [0.15, 0.2) is 0 Å². The van der Waals surface area contributed by atoms with Gasteiger partial charge in [0.1, 0.15) is 0 Å². The van der Waals surface area contributed by atoms with Crippen molar-refractivity contribution in [2.75, 3.05) is 13.7 Å². The maximum atomic E-state index is 10.9. The van der Waals surface area contributed by atoms with Crippen LogP contribution in [0.2, 0.25) is 0 Å². The normalized spacial score (nSPS) is 52.0. The highest BCUT2D eigenvalue weighted by Gasteiger charge is 2.59. The van der Waals surface area contributed by atoms with Gasteiger partial charge in [-0.2, -0.15) is 0 Å². The second kappa shape index (κ2) is 7.04. The van der Waals surface area contributed by atoms with Gasteiger partial charge in [0.2, 0.25) is 0 Å². The Bertz CT molecular complexity index is 506. The van der Waals surface area contributed by atoms with Crippen molar-refractivity contribution in [1.29, 1.82) is 0 Å². The van der Waals surface area contributed by atoms with E-state index in [2.05, 4.69) is 6.92 Å². The molecule has 0 aromatic carbocycles. The van der Waals surface area contributed by atoms with Gasteiger partial charge in [-0.15, -0.1) is 0 Å². The first kappa shape index (κ1) is 19.2. The topological polar surface area (TPSA) is 49.7 Å². The molecule has 0 saturated heterocycles. The zero-order chi connectivity index (χ0) is 18.5. The molecule has 2 N–H and O–H groups in total. The first-order valence-electron chi connectivity index (χ1n) is 11.3. The number of aliphatic hydroxyl groups is 2. The molecule has 4 saturated carbocycles. The third kappa shape index (κ3) is 2.88. The van der Waals surface area contributed by atoms with E-state index >= 15 is 0 Å². The van der Waals surface area contributed by atoms with E-state index in [4.69, 9.17) is 4.74 Å². The van der Waals surface area contributed by atoms with Gasteiger partial charge in [0, 0.05) is 7.11 Å². The van der Waals surface area contributed by atoms with Crippen LogP contribution in [0.25, 0.3) is 0 Å². The number of ether oxygens (including phenoxy) is 1. The van der Waals surface area contributed by atoms with Gasteiger partial charge >= 0.3 is 0 Å². The standard InChI is InChI=1S/C23H40O3/c1-4-23-12-10-18-17-9-11-22(25,14-26-3)13-16(17)5-6-19(18)21(23)8-7-20(23)15(2)24/h15-21,24-25H,4-14H2,1-3H3/t15?,16-,17-,18+,19+,20+,21-,22+,23+/m0/s1. The van der Waals surface area contributed by atoms with Crippen molar-refractivity contribution in [2.24, 2.45) is 40.9 Å². The Morgan fingerprint density at radius 2 is 1.77 bits per heavy atom. The quantitative estimate of drug-likeness (QED) is 0.777. The Kier molecular flexibility index (Phi) is 5.20. The van der Waals surface area contributed by atoms with E-state index in [0.717, 1.165) is 36.5 Å². The molecular weight excluding hydrogens is 324 g/mol. The average Bonchev–Trinajstić information content (AvgIpc) is 3.01. The van der Waals surface area contributed by atoms with Crippen LogP contribution >= 0.6 is 0 Å². The summed E-state index contributed by atoms with van der Waals surface area (Å²) in [6.07, 6.45) is 12.1. The Labute approximate surface area is 159 Å². The fourth-order valence-electron chi connectivity index (χ4n) is 8.64. The maximum absolute atomic E-state index is 10.9. The molecule has 4 rings (SSSR count). The molecule has 4 aliphatic rings. The first-order valence-corrected chi connectivity index (χ1v) is 11.3. The monoisotopic (exact) mass is 364 g/mol. The van der Waals surface area contributed by atoms with Crippen LogP contribution in [0, 0.1) is 40.9 Å². The molecule has 26 heavy (non-hydrogen) atoms. The van der Waals surface area contributed by atoms with Crippen LogP contribution < -0.4 is 0 Å². The lowest BCUT2D eigenvalue weighted by Gasteiger charge is -2.58. The minimum Gasteiger partial charge on any atom is -0.393 e. The Morgan fingerprint density at radius 3 is 2.46 bits per heavy atom. The summed E-state index contributed by atoms with van der Waals surface area (Å²) in [6, 6.07) is 0. The van der Waals surface area contributed by atoms with Crippen molar-refractivity contribution >= 4 is 0 Å². The predicted octanol–water partition coefficient (Wildman–Crippen LogP) is 4.40. The van der Waals surface area contributed by atoms with Gasteiger partial charge in [0.25, 0.3) is 0 Å². The molecule has 150 valence electrons. The Morgan fingerprint density at radius 1 is 1.00 bits per heavy atom. The lowest BCUT2D eigenvalue weighted by atomic mass is 9.48. The van der Waals surface area contributed by atoms with Crippen LogP contribution in [-0.4, -0.2) is 35.6 Å². The largest absolute Gasteiger partial charge is 0.393 e. The Balaban J connectivity index is 1.52. The summed E-state index contributed by atoms with van der Waals surface area (Å²) >= 11 is 0. The highest BCUT2D eigenvalue weighted by Crippen LogP contribution is 2.66. The molecule has 3 nitrogen and oxygen atoms in total. The molecule has 0 bridgehead atoms. The highest BCUT2D eigenvalue weighted by molar-refractivity contribution is 5.08. The van der Waals surface area contributed by atoms with Crippen molar-refractivity contribution in [2.45, 2.75) is 89.8 Å². The van der Waals surface area contributed by atoms with Crippen LogP contribution in [0.5, 0.6) is 0 Å². The molecule has 0 aliphatic heterocycles. The Hall–Kier alpha value is -0.120. The van der Waals surface area contributed by atoms with Gasteiger partial charge < -0.3 is 14.9 Å². The lowest BCUT2D eigenvalue weighted by Crippen LogP contribution is -2.53. The summed E-state index contributed by atoms with van der Waals surface area (Å²) in [5.41, 5.74) is -0.164. The predicted molar refractivity (Wildman–Crippen MR) is 104 cm³/mol. The summed E-state index contributed by atoms with van der Waals surface area (Å²) < 4.78 is 5.32. The molecule has 0 spiro atoms. The SMILES string of the molecule is CC[C@]12CC[C@H]3[C@@H](CC[C@H]4C[C@@](O)(COC)CC[C@@H]43)[C@@H]1CC[C@@H]2C(C)O. The van der Waals surface area contributed by atoms with E-state index in [1.807, 2.05) is 6.92 Å². The minimum atomic E-state index is -0.574. The summed E-state index contributed by atoms with van der Waals surface area (Å²) in [5, 5.41) is 21.3. The van der Waals surface area contributed by atoms with Crippen LogP contribution in [0.3, 0.4) is 0 Å². The molecule has 4 fully saturated rings. The third-order valence-electron chi connectivity index (χ3n) is 9.54. The van der Waals surface area contributed by atoms with Crippen molar-refractivity contribution < 1.29 is 14.9 Å². The second-order valence-electron chi connectivity index (χ2n) is 10.4. The van der Waals surface area contributed by atoms with E-state index < -0.39 is 5.60 Å². The van der Waals surface area contributed by atoms with Crippen molar-refractivity contribution in [3.05, 3.63) is 0 Å². The van der Waals surface area contributed by atoms with Gasteiger partial charge in [-0.3, -0.25) is 0 Å². The van der Waals surface area contributed by atoms with E-state index in [1.165, 1.54) is 51.4 Å². The highest BCUT2D eigenvalue weighted by atomic mass is 16.5. The van der Waals surface area contributed by atoms with E-state index in [9.17, 15) is 10.2 Å². The van der Waals surface area contributed by atoms with Gasteiger partial charge in [-0.1, -0.05) is 6.92 Å². The second-order valence-corrected chi connectivity index (χ2v) is 10.4. The molecule has 9 atom stereocenters. The summed E-state index contributed by atoms with van der Waals surface area (Å²) in [7, 11) is 1.71. The van der Waals surface area contributed by atoms with Crippen LogP contribution in [0.1, 0.15) is 78.1 Å². The molecule has 0 aromatic heterocycles. The van der Waals surface area contributed by atoms with Crippen molar-refractivity contribution in [3.63, 3.8) is 0 Å². The third-order valence-corrected chi connectivity index (χ3v) is 9.54. The molecule has 1 unspecified atom stereocenters. The number of rotatable bonds is 4. The number of methoxy groups -OCH3 is 1. The van der Waals surface area contributed by atoms with E-state index in [1.54, 1.807) is 7.11 Å². The van der Waals surface area contributed by atoms with Crippen LogP contribution in [0.4, 0.5) is 0 Å². The van der Waals surface area contributed by atoms with Gasteiger partial charge in [0.05, 0.1) is 18.3 Å². The molecule has 3 heteroatoms. The summed E-state index contributed by atoms with van der Waals surface area (Å²) in [4.78, 5) is 0. The zero-order valence-electron chi connectivity index (χ0n) is 17.1. The smallest absolute Gasteiger partial charge is 0.0882 e. The fraction of sp³-hybridized carbons (Fsp3) is 1.00. The molecule has 0 aromatic rings.